The summed E-state index contributed by atoms with van der Waals surface area (Å²) in [6.07, 6.45) is 4.91. The number of alkyl halides is 4. The van der Waals surface area contributed by atoms with Gasteiger partial charge in [0.05, 0.1) is 24.1 Å². The van der Waals surface area contributed by atoms with Gasteiger partial charge in [0.2, 0.25) is 17.8 Å². The molecule has 6 nitrogen and oxygen atoms in total. The first-order valence-electron chi connectivity index (χ1n) is 11.7. The molecule has 10 heteroatoms. The zero-order chi connectivity index (χ0) is 23.5. The van der Waals surface area contributed by atoms with Gasteiger partial charge in [0, 0.05) is 37.5 Å². The van der Waals surface area contributed by atoms with Crippen LogP contribution in [0, 0.1) is 23.7 Å². The molecule has 2 aromatic heterocycles. The molecule has 180 valence electrons. The van der Waals surface area contributed by atoms with E-state index in [1.54, 1.807) is 16.9 Å². The molecule has 3 aliphatic rings. The van der Waals surface area contributed by atoms with Crippen LogP contribution in [0.2, 0.25) is 0 Å². The fourth-order valence-electron chi connectivity index (χ4n) is 5.81. The van der Waals surface area contributed by atoms with E-state index in [-0.39, 0.29) is 43.4 Å². The lowest BCUT2D eigenvalue weighted by Crippen LogP contribution is -2.46. The Morgan fingerprint density at radius 2 is 1.70 bits per heavy atom. The molecule has 33 heavy (non-hydrogen) atoms. The summed E-state index contributed by atoms with van der Waals surface area (Å²) in [5.41, 5.74) is 14.0. The number of primary amides is 1. The third-order valence-electron chi connectivity index (χ3n) is 7.83. The smallest absolute Gasteiger partial charge is 0.248 e. The monoisotopic (exact) mass is 467 g/mol. The quantitative estimate of drug-likeness (QED) is 0.597. The number of imidazole rings is 1. The molecular formula is C23H29F4N5O. The van der Waals surface area contributed by atoms with E-state index in [9.17, 15) is 22.4 Å². The molecule has 3 atom stereocenters. The van der Waals surface area contributed by atoms with Gasteiger partial charge in [0.15, 0.2) is 5.65 Å². The van der Waals surface area contributed by atoms with Crippen LogP contribution in [0.3, 0.4) is 0 Å². The van der Waals surface area contributed by atoms with Gasteiger partial charge < -0.3 is 11.5 Å². The van der Waals surface area contributed by atoms with E-state index >= 15 is 0 Å². The van der Waals surface area contributed by atoms with Crippen LogP contribution in [0.25, 0.3) is 5.65 Å². The number of hydrogen-bond donors (Lipinski definition) is 2. The molecule has 0 aromatic carbocycles. The maximum Gasteiger partial charge on any atom is 0.248 e. The number of aromatic nitrogens is 3. The van der Waals surface area contributed by atoms with Crippen molar-refractivity contribution in [2.45, 2.75) is 75.2 Å². The molecule has 3 saturated carbocycles. The number of halogens is 4. The number of hydrogen-bond acceptors (Lipinski definition) is 4. The zero-order valence-electron chi connectivity index (χ0n) is 18.3. The number of carbonyl (C=O) groups excluding carboxylic acids is 1. The van der Waals surface area contributed by atoms with Crippen LogP contribution in [-0.2, 0) is 4.79 Å². The number of nitrogens with two attached hydrogens (primary N) is 2. The van der Waals surface area contributed by atoms with Gasteiger partial charge in [0.1, 0.15) is 0 Å². The van der Waals surface area contributed by atoms with Crippen LogP contribution in [0.1, 0.15) is 74.6 Å². The number of carbonyl (C=O) groups is 1. The predicted molar refractivity (Wildman–Crippen MR) is 113 cm³/mol. The first-order chi connectivity index (χ1) is 15.5. The van der Waals surface area contributed by atoms with Gasteiger partial charge >= 0.3 is 0 Å². The Morgan fingerprint density at radius 1 is 1.03 bits per heavy atom. The summed E-state index contributed by atoms with van der Waals surface area (Å²) in [4.78, 5) is 16.9. The van der Waals surface area contributed by atoms with Gasteiger partial charge in [-0.05, 0) is 55.1 Å². The minimum Gasteiger partial charge on any atom is -0.369 e. The summed E-state index contributed by atoms with van der Waals surface area (Å²) in [6, 6.07) is 1.36. The van der Waals surface area contributed by atoms with E-state index in [0.29, 0.717) is 24.2 Å². The molecule has 4 N–H and O–H groups in total. The summed E-state index contributed by atoms with van der Waals surface area (Å²) in [6.45, 7) is 0. The molecule has 2 aromatic rings. The Bertz CT molecular complexity index is 1030. The molecule has 0 bridgehead atoms. The van der Waals surface area contributed by atoms with Crippen molar-refractivity contribution in [3.8, 4) is 0 Å². The highest BCUT2D eigenvalue weighted by Gasteiger charge is 2.54. The minimum absolute atomic E-state index is 0.0762. The molecule has 0 aliphatic heterocycles. The Balaban J connectivity index is 1.39. The second-order valence-corrected chi connectivity index (χ2v) is 10.3. The van der Waals surface area contributed by atoms with E-state index in [1.807, 2.05) is 6.07 Å². The third kappa shape index (κ3) is 4.46. The first-order valence-corrected chi connectivity index (χ1v) is 11.7. The van der Waals surface area contributed by atoms with Crippen LogP contribution >= 0.6 is 0 Å². The molecule has 5 rings (SSSR count). The van der Waals surface area contributed by atoms with Crippen LogP contribution < -0.4 is 11.5 Å². The third-order valence-corrected chi connectivity index (χ3v) is 7.83. The van der Waals surface area contributed by atoms with Crippen LogP contribution in [0.5, 0.6) is 0 Å². The predicted octanol–water partition coefficient (Wildman–Crippen LogP) is 4.20. The van der Waals surface area contributed by atoms with Crippen molar-refractivity contribution in [2.75, 3.05) is 0 Å². The minimum atomic E-state index is -2.73. The van der Waals surface area contributed by atoms with Crippen LogP contribution in [0.15, 0.2) is 18.5 Å². The van der Waals surface area contributed by atoms with Crippen LogP contribution in [0.4, 0.5) is 17.6 Å². The van der Waals surface area contributed by atoms with Crippen molar-refractivity contribution in [1.82, 2.24) is 14.6 Å². The molecule has 0 saturated heterocycles. The van der Waals surface area contributed by atoms with Crippen molar-refractivity contribution in [2.24, 2.45) is 35.1 Å². The lowest BCUT2D eigenvalue weighted by atomic mass is 9.65. The molecule has 0 radical (unpaired) electrons. The largest absolute Gasteiger partial charge is 0.369 e. The lowest BCUT2D eigenvalue weighted by molar-refractivity contribution is -0.146. The van der Waals surface area contributed by atoms with Crippen molar-refractivity contribution < 1.29 is 22.4 Å². The maximum absolute atomic E-state index is 13.5. The van der Waals surface area contributed by atoms with Gasteiger partial charge in [-0.3, -0.25) is 4.79 Å². The zero-order valence-corrected chi connectivity index (χ0v) is 18.3. The van der Waals surface area contributed by atoms with Gasteiger partial charge in [-0.25, -0.2) is 27.1 Å². The summed E-state index contributed by atoms with van der Waals surface area (Å²) in [5.74, 6) is -7.14. The van der Waals surface area contributed by atoms with E-state index in [0.717, 1.165) is 18.4 Å². The van der Waals surface area contributed by atoms with Gasteiger partial charge in [0.25, 0.3) is 0 Å². The second-order valence-electron chi connectivity index (χ2n) is 10.3. The van der Waals surface area contributed by atoms with E-state index < -0.39 is 35.6 Å². The number of amides is 1. The summed E-state index contributed by atoms with van der Waals surface area (Å²) < 4.78 is 55.7. The number of nitrogens with zero attached hydrogens (tertiary/aromatic N) is 3. The average molecular weight is 468 g/mol. The summed E-state index contributed by atoms with van der Waals surface area (Å²) >= 11 is 0. The number of rotatable bonds is 7. The fourth-order valence-corrected chi connectivity index (χ4v) is 5.81. The Labute approximate surface area is 189 Å². The van der Waals surface area contributed by atoms with Gasteiger partial charge in [-0.2, -0.15) is 5.10 Å². The van der Waals surface area contributed by atoms with E-state index in [4.69, 9.17) is 11.5 Å². The van der Waals surface area contributed by atoms with Gasteiger partial charge in [-0.1, -0.05) is 0 Å². The van der Waals surface area contributed by atoms with Gasteiger partial charge in [-0.15, -0.1) is 0 Å². The first kappa shape index (κ1) is 22.6. The standard InChI is InChI=1S/C23H29F4N5O/c24-22(25)5-3-13(4-6-22)20(28)16-11-32-17(31-16)7-14(10-30-32)18(12-1-2-12)19(21(29)33)15-8-23(26,27)9-15/h7,10-13,15,18-20H,1-6,8-9,28H2,(H2,29,33)/t18-,19?,20-/m0/s1. The molecule has 3 fully saturated rings. The van der Waals surface area contributed by atoms with E-state index in [1.165, 1.54) is 0 Å². The Hall–Kier alpha value is -2.23. The van der Waals surface area contributed by atoms with Crippen molar-refractivity contribution >= 4 is 11.6 Å². The molecule has 2 heterocycles. The molecule has 0 spiro atoms. The summed E-state index contributed by atoms with van der Waals surface area (Å²) in [5, 5.41) is 4.44. The molecule has 3 aliphatic carbocycles. The highest BCUT2D eigenvalue weighted by atomic mass is 19.3. The highest BCUT2D eigenvalue weighted by Crippen LogP contribution is 2.55. The highest BCUT2D eigenvalue weighted by molar-refractivity contribution is 5.78. The Morgan fingerprint density at radius 3 is 2.27 bits per heavy atom. The topological polar surface area (TPSA) is 99.3 Å². The fraction of sp³-hybridized carbons (Fsp3) is 0.696. The Kier molecular flexibility index (Phi) is 5.42. The molecular weight excluding hydrogens is 438 g/mol. The van der Waals surface area contributed by atoms with Crippen LogP contribution in [-0.4, -0.2) is 32.4 Å². The molecule has 1 amide bonds. The van der Waals surface area contributed by atoms with E-state index in [2.05, 4.69) is 10.1 Å². The maximum atomic E-state index is 13.5. The SMILES string of the molecule is NC(=O)C(C1CC(F)(F)C1)[C@H](c1cnn2cc([C@@H](N)C3CCC(F)(F)CC3)nc2c1)C1CC1. The second kappa shape index (κ2) is 7.92. The summed E-state index contributed by atoms with van der Waals surface area (Å²) in [7, 11) is 0. The van der Waals surface area contributed by atoms with Crippen molar-refractivity contribution in [3.05, 3.63) is 29.7 Å². The normalized spacial score (nSPS) is 26.0. The van der Waals surface area contributed by atoms with Crippen molar-refractivity contribution in [1.29, 1.82) is 0 Å². The molecule has 1 unspecified atom stereocenters. The number of fused-ring (bicyclic) bond motifs is 1. The van der Waals surface area contributed by atoms with Crippen molar-refractivity contribution in [3.63, 3.8) is 0 Å². The average Bonchev–Trinajstić information content (AvgIpc) is 3.46. The lowest BCUT2D eigenvalue weighted by Gasteiger charge is -2.42.